The van der Waals surface area contributed by atoms with Gasteiger partial charge < -0.3 is 10.1 Å². The van der Waals surface area contributed by atoms with E-state index in [1.165, 1.54) is 6.92 Å². The van der Waals surface area contributed by atoms with Crippen LogP contribution in [0.3, 0.4) is 0 Å². The van der Waals surface area contributed by atoms with Crippen LogP contribution in [0.25, 0.3) is 0 Å². The average molecular weight is 313 g/mol. The molecule has 0 saturated heterocycles. The Hall–Kier alpha value is -2.10. The lowest BCUT2D eigenvalue weighted by atomic mass is 9.70. The van der Waals surface area contributed by atoms with Gasteiger partial charge in [-0.3, -0.25) is 9.59 Å². The molecule has 122 valence electrons. The second-order valence-electron chi connectivity index (χ2n) is 7.34. The molecule has 2 bridgehead atoms. The van der Waals surface area contributed by atoms with Gasteiger partial charge >= 0.3 is 5.97 Å². The van der Waals surface area contributed by atoms with Crippen molar-refractivity contribution < 1.29 is 14.3 Å². The van der Waals surface area contributed by atoms with E-state index >= 15 is 0 Å². The van der Waals surface area contributed by atoms with Gasteiger partial charge in [-0.1, -0.05) is 20.8 Å². The zero-order valence-electron chi connectivity index (χ0n) is 14.1. The standard InChI is InChI=1S/C19H23NO3/c1-12(21)23-14-7-5-13(6-8-14)20-11-15-16-9-10-19(4,17(15)22)18(16,2)3/h5-8,11,16,20H,9-10H2,1-4H3/b15-11-/t16-,19-/m1/s1. The molecule has 0 aliphatic heterocycles. The number of esters is 1. The van der Waals surface area contributed by atoms with E-state index in [0.717, 1.165) is 24.1 Å². The number of nitrogens with one attached hydrogen (secondary N) is 1. The van der Waals surface area contributed by atoms with Gasteiger partial charge in [-0.25, -0.2) is 0 Å². The smallest absolute Gasteiger partial charge is 0.308 e. The molecule has 2 atom stereocenters. The lowest BCUT2D eigenvalue weighted by Gasteiger charge is -2.31. The molecule has 4 nitrogen and oxygen atoms in total. The van der Waals surface area contributed by atoms with Crippen molar-refractivity contribution in [3.8, 4) is 5.75 Å². The fraction of sp³-hybridized carbons (Fsp3) is 0.474. The van der Waals surface area contributed by atoms with E-state index in [0.29, 0.717) is 11.7 Å². The predicted molar refractivity (Wildman–Crippen MR) is 89.1 cm³/mol. The molecule has 0 spiro atoms. The van der Waals surface area contributed by atoms with Crippen molar-refractivity contribution in [1.82, 2.24) is 0 Å². The largest absolute Gasteiger partial charge is 0.427 e. The average Bonchev–Trinajstić information content (AvgIpc) is 2.79. The van der Waals surface area contributed by atoms with Gasteiger partial charge in [-0.05, 0) is 48.4 Å². The van der Waals surface area contributed by atoms with Crippen molar-refractivity contribution in [3.05, 3.63) is 36.0 Å². The molecule has 4 heteroatoms. The first-order valence-electron chi connectivity index (χ1n) is 8.05. The van der Waals surface area contributed by atoms with Crippen LogP contribution in [0.1, 0.15) is 40.5 Å². The van der Waals surface area contributed by atoms with E-state index in [1.807, 2.05) is 18.3 Å². The van der Waals surface area contributed by atoms with Crippen LogP contribution in [0.4, 0.5) is 5.69 Å². The Bertz CT molecular complexity index is 687. The van der Waals surface area contributed by atoms with Gasteiger partial charge in [0.25, 0.3) is 0 Å². The number of Topliss-reactive ketones (excluding diaryl/α,β-unsaturated/α-hetero) is 1. The number of rotatable bonds is 3. The summed E-state index contributed by atoms with van der Waals surface area (Å²) >= 11 is 0. The van der Waals surface area contributed by atoms with Crippen LogP contribution in [0.2, 0.25) is 0 Å². The molecule has 0 radical (unpaired) electrons. The van der Waals surface area contributed by atoms with Crippen LogP contribution >= 0.6 is 0 Å². The molecule has 3 rings (SSSR count). The SMILES string of the molecule is CC(=O)Oc1ccc(N/C=C2\C(=O)[C@@]3(C)CC[C@H]2C3(C)C)cc1. The third-order valence-electron chi connectivity index (χ3n) is 5.88. The van der Waals surface area contributed by atoms with Gasteiger partial charge in [0.05, 0.1) is 0 Å². The van der Waals surface area contributed by atoms with Gasteiger partial charge in [0, 0.05) is 29.8 Å². The third kappa shape index (κ3) is 2.37. The molecule has 2 aliphatic rings. The summed E-state index contributed by atoms with van der Waals surface area (Å²) in [6, 6.07) is 7.13. The number of hydrogen-bond donors (Lipinski definition) is 1. The van der Waals surface area contributed by atoms with E-state index < -0.39 is 0 Å². The molecule has 2 aliphatic carbocycles. The first kappa shape index (κ1) is 15.8. The van der Waals surface area contributed by atoms with Gasteiger partial charge in [-0.2, -0.15) is 0 Å². The zero-order chi connectivity index (χ0) is 16.8. The number of benzene rings is 1. The second kappa shape index (κ2) is 5.22. The maximum atomic E-state index is 12.7. The van der Waals surface area contributed by atoms with Crippen molar-refractivity contribution in [2.24, 2.45) is 16.7 Å². The number of hydrogen-bond acceptors (Lipinski definition) is 4. The molecule has 0 amide bonds. The molecule has 1 N–H and O–H groups in total. The Morgan fingerprint density at radius 1 is 1.26 bits per heavy atom. The van der Waals surface area contributed by atoms with E-state index in [9.17, 15) is 9.59 Å². The molecule has 0 unspecified atom stereocenters. The Balaban J connectivity index is 1.76. The van der Waals surface area contributed by atoms with Crippen LogP contribution in [0.5, 0.6) is 5.75 Å². The fourth-order valence-electron chi connectivity index (χ4n) is 4.04. The highest BCUT2D eigenvalue weighted by Gasteiger charge is 2.63. The normalized spacial score (nSPS) is 29.8. The molecule has 2 saturated carbocycles. The molecule has 23 heavy (non-hydrogen) atoms. The highest BCUT2D eigenvalue weighted by molar-refractivity contribution is 6.04. The lowest BCUT2D eigenvalue weighted by Crippen LogP contribution is -2.32. The minimum Gasteiger partial charge on any atom is -0.427 e. The fourth-order valence-corrected chi connectivity index (χ4v) is 4.04. The number of carbonyl (C=O) groups excluding carboxylic acids is 2. The Kier molecular flexibility index (Phi) is 3.58. The molecule has 1 aromatic carbocycles. The number of ketones is 1. The van der Waals surface area contributed by atoms with Crippen molar-refractivity contribution in [2.45, 2.75) is 40.5 Å². The summed E-state index contributed by atoms with van der Waals surface area (Å²) in [6.07, 6.45) is 3.92. The van der Waals surface area contributed by atoms with Crippen LogP contribution in [-0.4, -0.2) is 11.8 Å². The zero-order valence-corrected chi connectivity index (χ0v) is 14.1. The van der Waals surface area contributed by atoms with Gasteiger partial charge in [0.2, 0.25) is 0 Å². The van der Waals surface area contributed by atoms with E-state index in [1.54, 1.807) is 12.1 Å². The predicted octanol–water partition coefficient (Wildman–Crippen LogP) is 3.93. The summed E-state index contributed by atoms with van der Waals surface area (Å²) in [5.74, 6) is 0.784. The third-order valence-corrected chi connectivity index (χ3v) is 5.88. The first-order valence-corrected chi connectivity index (χ1v) is 8.05. The van der Waals surface area contributed by atoms with Crippen molar-refractivity contribution in [2.75, 3.05) is 5.32 Å². The Labute approximate surface area is 136 Å². The number of ether oxygens (including phenoxy) is 1. The highest BCUT2D eigenvalue weighted by Crippen LogP contribution is 2.65. The van der Waals surface area contributed by atoms with Gasteiger partial charge in [0.1, 0.15) is 5.75 Å². The molecule has 0 aromatic heterocycles. The molecule has 2 fully saturated rings. The van der Waals surface area contributed by atoms with Crippen LogP contribution in [0.15, 0.2) is 36.0 Å². The van der Waals surface area contributed by atoms with E-state index in [2.05, 4.69) is 26.1 Å². The number of allylic oxidation sites excluding steroid dienone is 1. The molecule has 0 heterocycles. The van der Waals surface area contributed by atoms with E-state index in [-0.39, 0.29) is 22.6 Å². The van der Waals surface area contributed by atoms with Crippen molar-refractivity contribution in [3.63, 3.8) is 0 Å². The van der Waals surface area contributed by atoms with Crippen LogP contribution in [0, 0.1) is 16.7 Å². The lowest BCUT2D eigenvalue weighted by molar-refractivity contribution is -0.132. The molecule has 1 aromatic rings. The summed E-state index contributed by atoms with van der Waals surface area (Å²) in [5, 5.41) is 3.21. The van der Waals surface area contributed by atoms with E-state index in [4.69, 9.17) is 4.74 Å². The number of fused-ring (bicyclic) bond motifs is 2. The van der Waals surface area contributed by atoms with Crippen LogP contribution in [-0.2, 0) is 9.59 Å². The summed E-state index contributed by atoms with van der Waals surface area (Å²) in [7, 11) is 0. The molecular formula is C19H23NO3. The maximum absolute atomic E-state index is 12.7. The first-order chi connectivity index (χ1) is 10.8. The quantitative estimate of drug-likeness (QED) is 0.522. The molecular weight excluding hydrogens is 290 g/mol. The summed E-state index contributed by atoms with van der Waals surface area (Å²) in [4.78, 5) is 23.6. The monoisotopic (exact) mass is 313 g/mol. The Morgan fingerprint density at radius 3 is 2.43 bits per heavy atom. The highest BCUT2D eigenvalue weighted by atomic mass is 16.5. The summed E-state index contributed by atoms with van der Waals surface area (Å²) in [6.45, 7) is 7.89. The summed E-state index contributed by atoms with van der Waals surface area (Å²) in [5.41, 5.74) is 1.57. The number of anilines is 1. The van der Waals surface area contributed by atoms with Gasteiger partial charge in [0.15, 0.2) is 5.78 Å². The van der Waals surface area contributed by atoms with Crippen molar-refractivity contribution in [1.29, 1.82) is 0 Å². The number of carbonyl (C=O) groups is 2. The van der Waals surface area contributed by atoms with Crippen LogP contribution < -0.4 is 10.1 Å². The topological polar surface area (TPSA) is 55.4 Å². The minimum absolute atomic E-state index is 0.0246. The Morgan fingerprint density at radius 2 is 1.91 bits per heavy atom. The minimum atomic E-state index is -0.337. The van der Waals surface area contributed by atoms with Gasteiger partial charge in [-0.15, -0.1) is 0 Å². The van der Waals surface area contributed by atoms with Crippen molar-refractivity contribution >= 4 is 17.4 Å². The second-order valence-corrected chi connectivity index (χ2v) is 7.34. The summed E-state index contributed by atoms with van der Waals surface area (Å²) < 4.78 is 5.01. The maximum Gasteiger partial charge on any atom is 0.308 e.